The van der Waals surface area contributed by atoms with Crippen LogP contribution < -0.4 is 0 Å². The first-order valence-electron chi connectivity index (χ1n) is 8.04. The number of aromatic nitrogens is 1. The molecule has 0 atom stereocenters. The van der Waals surface area contributed by atoms with E-state index in [-0.39, 0.29) is 0 Å². The van der Waals surface area contributed by atoms with Crippen molar-refractivity contribution in [2.75, 3.05) is 27.7 Å². The number of benzene rings is 1. The van der Waals surface area contributed by atoms with Crippen molar-refractivity contribution in [1.82, 2.24) is 13.2 Å². The van der Waals surface area contributed by atoms with Gasteiger partial charge < -0.3 is 4.57 Å². The first-order chi connectivity index (χ1) is 11.1. The summed E-state index contributed by atoms with van der Waals surface area (Å²) in [4.78, 5) is 0. The molecule has 0 aliphatic rings. The standard InChI is InChI=1S/C17H26BrN3O2S/c1-13(2)11-21-12-14(16-7-6-15(18)10-17(16)21)8-9-20(5)24(22,23)19(3)4/h6-7,10,12-13H,8-9,11H2,1-5H3. The van der Waals surface area contributed by atoms with Crippen molar-refractivity contribution in [3.05, 3.63) is 34.4 Å². The second-order valence-corrected chi connectivity index (χ2v) is 9.89. The summed E-state index contributed by atoms with van der Waals surface area (Å²) < 4.78 is 30.3. The molecule has 0 saturated heterocycles. The topological polar surface area (TPSA) is 45.6 Å². The van der Waals surface area contributed by atoms with Gasteiger partial charge in [-0.1, -0.05) is 35.8 Å². The summed E-state index contributed by atoms with van der Waals surface area (Å²) in [6, 6.07) is 6.26. The van der Waals surface area contributed by atoms with Crippen LogP contribution in [0.2, 0.25) is 0 Å². The van der Waals surface area contributed by atoms with Crippen LogP contribution >= 0.6 is 15.9 Å². The lowest BCUT2D eigenvalue weighted by Crippen LogP contribution is -2.38. The van der Waals surface area contributed by atoms with E-state index in [0.717, 1.165) is 11.0 Å². The van der Waals surface area contributed by atoms with Crippen LogP contribution in [0, 0.1) is 5.92 Å². The van der Waals surface area contributed by atoms with Gasteiger partial charge in [-0.3, -0.25) is 0 Å². The smallest absolute Gasteiger partial charge is 0.281 e. The van der Waals surface area contributed by atoms with E-state index < -0.39 is 10.2 Å². The Kier molecular flexibility index (Phi) is 6.12. The van der Waals surface area contributed by atoms with Crippen molar-refractivity contribution in [1.29, 1.82) is 0 Å². The van der Waals surface area contributed by atoms with Gasteiger partial charge in [0, 0.05) is 55.8 Å². The summed E-state index contributed by atoms with van der Waals surface area (Å²) in [6.07, 6.45) is 2.85. The molecule has 1 aromatic carbocycles. The molecule has 2 rings (SSSR count). The molecule has 0 aliphatic heterocycles. The summed E-state index contributed by atoms with van der Waals surface area (Å²) in [5.74, 6) is 0.546. The fraction of sp³-hybridized carbons (Fsp3) is 0.529. The molecule has 0 fully saturated rings. The van der Waals surface area contributed by atoms with Crippen molar-refractivity contribution in [2.45, 2.75) is 26.8 Å². The molecule has 1 heterocycles. The monoisotopic (exact) mass is 415 g/mol. The maximum Gasteiger partial charge on any atom is 0.281 e. The lowest BCUT2D eigenvalue weighted by molar-refractivity contribution is 0.419. The Hall–Kier alpha value is -0.890. The maximum atomic E-state index is 12.2. The molecule has 0 bridgehead atoms. The Morgan fingerprint density at radius 2 is 1.88 bits per heavy atom. The van der Waals surface area contributed by atoms with E-state index >= 15 is 0 Å². The molecule has 0 N–H and O–H groups in total. The molecular weight excluding hydrogens is 390 g/mol. The van der Waals surface area contributed by atoms with E-state index in [2.05, 4.69) is 52.7 Å². The number of rotatable bonds is 7. The summed E-state index contributed by atoms with van der Waals surface area (Å²) in [6.45, 7) is 5.79. The SMILES string of the molecule is CC(C)Cn1cc(CCN(C)S(=O)(=O)N(C)C)c2ccc(Br)cc21. The molecule has 0 saturated carbocycles. The molecule has 5 nitrogen and oxygen atoms in total. The highest BCUT2D eigenvalue weighted by Gasteiger charge is 2.20. The van der Waals surface area contributed by atoms with Crippen LogP contribution in [-0.4, -0.2) is 49.3 Å². The molecule has 0 radical (unpaired) electrons. The third-order valence-electron chi connectivity index (χ3n) is 4.04. The van der Waals surface area contributed by atoms with Crippen LogP contribution in [-0.2, 0) is 23.2 Å². The Bertz CT molecular complexity index is 813. The second-order valence-electron chi connectivity index (χ2n) is 6.72. The second kappa shape index (κ2) is 7.56. The molecule has 7 heteroatoms. The van der Waals surface area contributed by atoms with Gasteiger partial charge in [0.2, 0.25) is 0 Å². The Morgan fingerprint density at radius 3 is 2.46 bits per heavy atom. The highest BCUT2D eigenvalue weighted by Crippen LogP contribution is 2.26. The minimum atomic E-state index is -3.37. The predicted octanol–water partition coefficient (Wildman–Crippen LogP) is 3.34. The highest BCUT2D eigenvalue weighted by atomic mass is 79.9. The maximum absolute atomic E-state index is 12.2. The van der Waals surface area contributed by atoms with Crippen molar-refractivity contribution in [3.8, 4) is 0 Å². The van der Waals surface area contributed by atoms with Crippen LogP contribution in [0.25, 0.3) is 10.9 Å². The van der Waals surface area contributed by atoms with Crippen LogP contribution in [0.15, 0.2) is 28.9 Å². The Balaban J connectivity index is 2.29. The van der Waals surface area contributed by atoms with E-state index in [1.54, 1.807) is 21.1 Å². The minimum Gasteiger partial charge on any atom is -0.347 e. The zero-order valence-electron chi connectivity index (χ0n) is 15.0. The zero-order chi connectivity index (χ0) is 18.1. The average molecular weight is 416 g/mol. The highest BCUT2D eigenvalue weighted by molar-refractivity contribution is 9.10. The first kappa shape index (κ1) is 19.4. The molecule has 134 valence electrons. The van der Waals surface area contributed by atoms with Gasteiger partial charge in [0.05, 0.1) is 0 Å². The van der Waals surface area contributed by atoms with Gasteiger partial charge in [-0.05, 0) is 30.0 Å². The number of likely N-dealkylation sites (N-methyl/N-ethyl adjacent to an activating group) is 1. The normalized spacial score (nSPS) is 12.9. The van der Waals surface area contributed by atoms with Crippen LogP contribution in [0.1, 0.15) is 19.4 Å². The lowest BCUT2D eigenvalue weighted by atomic mass is 10.1. The minimum absolute atomic E-state index is 0.456. The quantitative estimate of drug-likeness (QED) is 0.695. The molecule has 24 heavy (non-hydrogen) atoms. The van der Waals surface area contributed by atoms with Crippen LogP contribution in [0.3, 0.4) is 0 Å². The van der Waals surface area contributed by atoms with Crippen molar-refractivity contribution < 1.29 is 8.42 Å². The molecule has 0 aliphatic carbocycles. The predicted molar refractivity (Wildman–Crippen MR) is 103 cm³/mol. The molecule has 1 aromatic heterocycles. The van der Waals surface area contributed by atoms with Crippen molar-refractivity contribution >= 4 is 37.0 Å². The summed E-state index contributed by atoms with van der Waals surface area (Å²) in [7, 11) is 1.36. The number of nitrogens with zero attached hydrogens (tertiary/aromatic N) is 3. The van der Waals surface area contributed by atoms with Gasteiger partial charge in [-0.15, -0.1) is 0 Å². The van der Waals surface area contributed by atoms with E-state index in [1.165, 1.54) is 25.1 Å². The van der Waals surface area contributed by atoms with Gasteiger partial charge in [0.1, 0.15) is 0 Å². The third kappa shape index (κ3) is 4.20. The summed E-state index contributed by atoms with van der Waals surface area (Å²) in [5, 5.41) is 1.19. The van der Waals surface area contributed by atoms with Crippen LogP contribution in [0.4, 0.5) is 0 Å². The third-order valence-corrected chi connectivity index (χ3v) is 6.43. The fourth-order valence-corrected chi connectivity index (χ4v) is 3.99. The summed E-state index contributed by atoms with van der Waals surface area (Å²) >= 11 is 3.54. The number of hydrogen-bond acceptors (Lipinski definition) is 2. The number of hydrogen-bond donors (Lipinski definition) is 0. The van der Waals surface area contributed by atoms with Gasteiger partial charge in [0.15, 0.2) is 0 Å². The Morgan fingerprint density at radius 1 is 1.21 bits per heavy atom. The Labute approximate surface area is 153 Å². The molecule has 0 spiro atoms. The largest absolute Gasteiger partial charge is 0.347 e. The van der Waals surface area contributed by atoms with Crippen molar-refractivity contribution in [2.24, 2.45) is 5.92 Å². The van der Waals surface area contributed by atoms with Gasteiger partial charge in [0.25, 0.3) is 10.2 Å². The first-order valence-corrected chi connectivity index (χ1v) is 10.2. The van der Waals surface area contributed by atoms with E-state index in [9.17, 15) is 8.42 Å². The van der Waals surface area contributed by atoms with Gasteiger partial charge in [-0.2, -0.15) is 17.0 Å². The molecular formula is C17H26BrN3O2S. The zero-order valence-corrected chi connectivity index (χ0v) is 17.4. The molecule has 0 unspecified atom stereocenters. The molecule has 0 amide bonds. The number of halogens is 1. The van der Waals surface area contributed by atoms with E-state index in [0.29, 0.717) is 18.9 Å². The van der Waals surface area contributed by atoms with Gasteiger partial charge in [-0.25, -0.2) is 0 Å². The van der Waals surface area contributed by atoms with Gasteiger partial charge >= 0.3 is 0 Å². The average Bonchev–Trinajstić information content (AvgIpc) is 2.81. The fourth-order valence-electron chi connectivity index (χ4n) is 2.76. The van der Waals surface area contributed by atoms with Crippen molar-refractivity contribution in [3.63, 3.8) is 0 Å². The van der Waals surface area contributed by atoms with Crippen LogP contribution in [0.5, 0.6) is 0 Å². The van der Waals surface area contributed by atoms with E-state index in [1.807, 2.05) is 6.07 Å². The molecule has 2 aromatic rings. The number of fused-ring (bicyclic) bond motifs is 1. The lowest BCUT2D eigenvalue weighted by Gasteiger charge is -2.21. The van der Waals surface area contributed by atoms with E-state index in [4.69, 9.17) is 0 Å². The summed E-state index contributed by atoms with van der Waals surface area (Å²) in [5.41, 5.74) is 2.37.